The fraction of sp³-hybridized carbons (Fsp3) is 0.700. The lowest BCUT2D eigenvalue weighted by molar-refractivity contribution is 0.224. The van der Waals surface area contributed by atoms with Gasteiger partial charge in [0.2, 0.25) is 0 Å². The molecule has 0 atom stereocenters. The predicted molar refractivity (Wildman–Crippen MR) is 112 cm³/mol. The highest BCUT2D eigenvalue weighted by atomic mass is 28.5. The van der Waals surface area contributed by atoms with Crippen LogP contribution in [0.3, 0.4) is 0 Å². The van der Waals surface area contributed by atoms with E-state index >= 15 is 0 Å². The van der Waals surface area contributed by atoms with Crippen molar-refractivity contribution in [2.45, 2.75) is 84.5 Å². The molecule has 0 aliphatic carbocycles. The Hall–Kier alpha value is -0.766. The van der Waals surface area contributed by atoms with Gasteiger partial charge in [0.15, 0.2) is 0 Å². The van der Waals surface area contributed by atoms with Crippen LogP contribution in [0.25, 0.3) is 0 Å². The fourth-order valence-corrected chi connectivity index (χ4v) is 9.53. The van der Waals surface area contributed by atoms with Crippen molar-refractivity contribution in [3.05, 3.63) is 29.8 Å². The molecule has 1 aromatic rings. The molecule has 0 unspecified atom stereocenters. The molecule has 0 fully saturated rings. The standard InChI is InChI=1S/C20H36F2O3Si2/c1-6-7-8-9-10-11-12-13-14-23-26(2,3)25-27(4,5)24-20-16-18(21)15-19(22)17-20/h15-17H,6-14H2,1-5H3. The smallest absolute Gasteiger partial charge is 0.383 e. The third-order valence-corrected chi connectivity index (χ3v) is 9.70. The van der Waals surface area contributed by atoms with Gasteiger partial charge < -0.3 is 13.0 Å². The molecular formula is C20H36F2O3Si2. The Morgan fingerprint density at radius 3 is 1.81 bits per heavy atom. The molecular weight excluding hydrogens is 382 g/mol. The zero-order chi connectivity index (χ0) is 20.3. The number of hydrogen-bond donors (Lipinski definition) is 0. The number of benzene rings is 1. The molecule has 3 nitrogen and oxygen atoms in total. The topological polar surface area (TPSA) is 27.7 Å². The van der Waals surface area contributed by atoms with Gasteiger partial charge in [-0.15, -0.1) is 0 Å². The van der Waals surface area contributed by atoms with E-state index < -0.39 is 28.8 Å². The highest BCUT2D eigenvalue weighted by Crippen LogP contribution is 2.23. The van der Waals surface area contributed by atoms with Crippen molar-refractivity contribution in [1.29, 1.82) is 0 Å². The van der Waals surface area contributed by atoms with E-state index in [1.165, 1.54) is 57.1 Å². The van der Waals surface area contributed by atoms with Crippen molar-refractivity contribution in [2.75, 3.05) is 6.61 Å². The third kappa shape index (κ3) is 11.6. The molecule has 1 aromatic carbocycles. The van der Waals surface area contributed by atoms with Crippen LogP contribution in [0.5, 0.6) is 5.75 Å². The summed E-state index contributed by atoms with van der Waals surface area (Å²) in [6, 6.07) is 3.18. The Kier molecular flexibility index (Phi) is 10.7. The SMILES string of the molecule is CCCCCCCCCCO[Si](C)(C)O[Si](C)(C)Oc1cc(F)cc(F)c1. The Bertz CT molecular complexity index is 534. The summed E-state index contributed by atoms with van der Waals surface area (Å²) in [5, 5.41) is 0. The first-order valence-electron chi connectivity index (χ1n) is 10.1. The van der Waals surface area contributed by atoms with Gasteiger partial charge in [-0.1, -0.05) is 51.9 Å². The molecule has 0 radical (unpaired) electrons. The van der Waals surface area contributed by atoms with E-state index in [2.05, 4.69) is 6.92 Å². The number of hydrogen-bond acceptors (Lipinski definition) is 3. The first kappa shape index (κ1) is 24.3. The molecule has 0 amide bonds. The van der Waals surface area contributed by atoms with Crippen LogP contribution in [0.4, 0.5) is 8.78 Å². The molecule has 7 heteroatoms. The molecule has 0 heterocycles. The molecule has 0 saturated heterocycles. The zero-order valence-corrected chi connectivity index (χ0v) is 19.6. The van der Waals surface area contributed by atoms with Gasteiger partial charge in [-0.05, 0) is 32.6 Å². The van der Waals surface area contributed by atoms with Gasteiger partial charge in [0.1, 0.15) is 17.4 Å². The van der Waals surface area contributed by atoms with Crippen molar-refractivity contribution in [3.63, 3.8) is 0 Å². The lowest BCUT2D eigenvalue weighted by Crippen LogP contribution is -2.50. The van der Waals surface area contributed by atoms with Gasteiger partial charge >= 0.3 is 17.1 Å². The molecule has 27 heavy (non-hydrogen) atoms. The van der Waals surface area contributed by atoms with E-state index in [1.807, 2.05) is 26.2 Å². The number of rotatable bonds is 14. The van der Waals surface area contributed by atoms with E-state index in [-0.39, 0.29) is 5.75 Å². The van der Waals surface area contributed by atoms with Gasteiger partial charge in [0, 0.05) is 24.8 Å². The minimum absolute atomic E-state index is 0.164. The second-order valence-corrected chi connectivity index (χ2v) is 14.8. The highest BCUT2D eigenvalue weighted by molar-refractivity contribution is 6.79. The van der Waals surface area contributed by atoms with Crippen molar-refractivity contribution >= 4 is 17.1 Å². The monoisotopic (exact) mass is 418 g/mol. The van der Waals surface area contributed by atoms with Crippen LogP contribution < -0.4 is 4.43 Å². The van der Waals surface area contributed by atoms with Crippen LogP contribution in [0.2, 0.25) is 26.2 Å². The quantitative estimate of drug-likeness (QED) is 0.242. The van der Waals surface area contributed by atoms with Crippen molar-refractivity contribution < 1.29 is 21.7 Å². The average molecular weight is 419 g/mol. The van der Waals surface area contributed by atoms with Gasteiger partial charge in [-0.2, -0.15) is 0 Å². The van der Waals surface area contributed by atoms with Crippen LogP contribution in [-0.4, -0.2) is 23.7 Å². The lowest BCUT2D eigenvalue weighted by Gasteiger charge is -2.32. The third-order valence-electron chi connectivity index (χ3n) is 4.14. The maximum atomic E-state index is 13.3. The van der Waals surface area contributed by atoms with Crippen LogP contribution in [0, 0.1) is 11.6 Å². The van der Waals surface area contributed by atoms with Crippen molar-refractivity contribution in [3.8, 4) is 5.75 Å². The highest BCUT2D eigenvalue weighted by Gasteiger charge is 2.37. The summed E-state index contributed by atoms with van der Waals surface area (Å²) in [5.41, 5.74) is 0. The maximum Gasteiger partial charge on any atom is 0.383 e. The minimum atomic E-state index is -2.62. The van der Waals surface area contributed by atoms with Crippen LogP contribution in [-0.2, 0) is 8.54 Å². The van der Waals surface area contributed by atoms with Gasteiger partial charge in [-0.3, -0.25) is 0 Å². The Labute approximate surface area is 165 Å². The van der Waals surface area contributed by atoms with E-state index in [9.17, 15) is 8.78 Å². The molecule has 0 saturated carbocycles. The van der Waals surface area contributed by atoms with Crippen LogP contribution in [0.15, 0.2) is 18.2 Å². The molecule has 0 spiro atoms. The molecule has 1 rings (SSSR count). The molecule has 0 N–H and O–H groups in total. The van der Waals surface area contributed by atoms with Crippen LogP contribution in [0.1, 0.15) is 58.3 Å². The number of halogens is 2. The Morgan fingerprint density at radius 2 is 1.26 bits per heavy atom. The largest absolute Gasteiger partial charge is 0.521 e. The van der Waals surface area contributed by atoms with Crippen LogP contribution >= 0.6 is 0 Å². The average Bonchev–Trinajstić information content (AvgIpc) is 2.50. The second kappa shape index (κ2) is 11.9. The fourth-order valence-electron chi connectivity index (χ4n) is 3.07. The molecule has 156 valence electrons. The first-order chi connectivity index (χ1) is 12.6. The summed E-state index contributed by atoms with van der Waals surface area (Å²) in [6.07, 6.45) is 10.1. The van der Waals surface area contributed by atoms with E-state index in [0.717, 1.165) is 12.5 Å². The lowest BCUT2D eigenvalue weighted by atomic mass is 10.1. The summed E-state index contributed by atoms with van der Waals surface area (Å²) in [5.74, 6) is -1.15. The van der Waals surface area contributed by atoms with Crippen molar-refractivity contribution in [1.82, 2.24) is 0 Å². The molecule has 0 aliphatic rings. The molecule has 0 aliphatic heterocycles. The normalized spacial score (nSPS) is 12.4. The molecule has 0 aromatic heterocycles. The van der Waals surface area contributed by atoms with Crippen molar-refractivity contribution in [2.24, 2.45) is 0 Å². The first-order valence-corrected chi connectivity index (χ1v) is 15.8. The summed E-state index contributed by atoms with van der Waals surface area (Å²) in [7, 11) is -4.97. The van der Waals surface area contributed by atoms with Gasteiger partial charge in [-0.25, -0.2) is 8.78 Å². The number of unbranched alkanes of at least 4 members (excludes halogenated alkanes) is 7. The van der Waals surface area contributed by atoms with E-state index in [1.54, 1.807) is 0 Å². The Balaban J connectivity index is 2.31. The summed E-state index contributed by atoms with van der Waals surface area (Å²) >= 11 is 0. The second-order valence-electron chi connectivity index (χ2n) is 7.93. The summed E-state index contributed by atoms with van der Waals surface area (Å²) in [6.45, 7) is 10.6. The zero-order valence-electron chi connectivity index (χ0n) is 17.6. The van der Waals surface area contributed by atoms with E-state index in [4.69, 9.17) is 13.0 Å². The Morgan fingerprint density at radius 1 is 0.741 bits per heavy atom. The summed E-state index contributed by atoms with van der Waals surface area (Å²) in [4.78, 5) is 0. The van der Waals surface area contributed by atoms with E-state index in [0.29, 0.717) is 6.61 Å². The van der Waals surface area contributed by atoms with Gasteiger partial charge in [0.25, 0.3) is 0 Å². The van der Waals surface area contributed by atoms with Gasteiger partial charge in [0.05, 0.1) is 0 Å². The minimum Gasteiger partial charge on any atom is -0.521 e. The molecule has 0 bridgehead atoms. The maximum absolute atomic E-state index is 13.3. The summed E-state index contributed by atoms with van der Waals surface area (Å²) < 4.78 is 44.6. The predicted octanol–water partition coefficient (Wildman–Crippen LogP) is 6.92.